The third-order valence-electron chi connectivity index (χ3n) is 14.8. The van der Waals surface area contributed by atoms with Gasteiger partial charge in [-0.3, -0.25) is 0 Å². The second kappa shape index (κ2) is 15.8. The predicted molar refractivity (Wildman–Crippen MR) is 267 cm³/mol. The van der Waals surface area contributed by atoms with Crippen LogP contribution in [0.2, 0.25) is 0 Å². The Morgan fingerprint density at radius 3 is 1.63 bits per heavy atom. The number of aryl methyl sites for hydroxylation is 2. The van der Waals surface area contributed by atoms with E-state index in [-0.39, 0.29) is 10.8 Å². The molecular formula is C59H56N2S. The molecule has 3 heteroatoms. The fourth-order valence-electron chi connectivity index (χ4n) is 12.3. The smallest absolute Gasteiger partial charge is 0.0468 e. The van der Waals surface area contributed by atoms with Crippen LogP contribution in [0.15, 0.2) is 170 Å². The van der Waals surface area contributed by atoms with Gasteiger partial charge in [0.1, 0.15) is 0 Å². The van der Waals surface area contributed by atoms with Gasteiger partial charge in [0.05, 0.1) is 0 Å². The van der Waals surface area contributed by atoms with Crippen molar-refractivity contribution in [3.63, 3.8) is 0 Å². The predicted octanol–water partition coefficient (Wildman–Crippen LogP) is 17.1. The minimum Gasteiger partial charge on any atom is -0.311 e. The Hall–Kier alpha value is -5.90. The van der Waals surface area contributed by atoms with Gasteiger partial charge in [-0.05, 0) is 188 Å². The molecule has 308 valence electrons. The SMILES string of the molecule is C=Cc1ccc(C23CC4CC(C2)CC(c2ccc(N(c5ccc(CCCC)cc5)c5ccc(N(c6ccc(C)cc6)c6ccc7sc8ccccc8c7c6)cc5)cc2)(C4)C3)cc1. The summed E-state index contributed by atoms with van der Waals surface area (Å²) >= 11 is 1.87. The lowest BCUT2D eigenvalue weighted by Gasteiger charge is -2.63. The minimum atomic E-state index is 0.241. The number of rotatable bonds is 12. The Morgan fingerprint density at radius 2 is 1.05 bits per heavy atom. The molecule has 62 heavy (non-hydrogen) atoms. The molecule has 0 saturated heterocycles. The van der Waals surface area contributed by atoms with E-state index in [1.807, 2.05) is 17.4 Å². The van der Waals surface area contributed by atoms with E-state index in [0.29, 0.717) is 0 Å². The van der Waals surface area contributed by atoms with Crippen LogP contribution in [0.3, 0.4) is 0 Å². The first kappa shape index (κ1) is 39.0. The van der Waals surface area contributed by atoms with Crippen molar-refractivity contribution in [1.82, 2.24) is 0 Å². The van der Waals surface area contributed by atoms with Crippen molar-refractivity contribution < 1.29 is 0 Å². The van der Waals surface area contributed by atoms with E-state index < -0.39 is 0 Å². The van der Waals surface area contributed by atoms with Crippen LogP contribution in [0.5, 0.6) is 0 Å². The maximum absolute atomic E-state index is 4.02. The van der Waals surface area contributed by atoms with Crippen molar-refractivity contribution in [1.29, 1.82) is 0 Å². The summed E-state index contributed by atoms with van der Waals surface area (Å²) < 4.78 is 2.65. The fraction of sp³-hybridized carbons (Fsp3) is 0.254. The van der Waals surface area contributed by atoms with Crippen LogP contribution >= 0.6 is 11.3 Å². The summed E-state index contributed by atoms with van der Waals surface area (Å²) in [4.78, 5) is 4.86. The number of anilines is 6. The Kier molecular flexibility index (Phi) is 9.92. The molecule has 4 bridgehead atoms. The lowest BCUT2D eigenvalue weighted by Crippen LogP contribution is -2.55. The van der Waals surface area contributed by atoms with Crippen LogP contribution < -0.4 is 9.80 Å². The molecule has 2 unspecified atom stereocenters. The number of unbranched alkanes of at least 4 members (excludes halogenated alkanes) is 1. The molecule has 8 aromatic rings. The van der Waals surface area contributed by atoms with Gasteiger partial charge in [-0.15, -0.1) is 11.3 Å². The van der Waals surface area contributed by atoms with Gasteiger partial charge in [-0.2, -0.15) is 0 Å². The summed E-state index contributed by atoms with van der Waals surface area (Å²) in [6.45, 7) is 8.45. The maximum Gasteiger partial charge on any atom is 0.0468 e. The summed E-state index contributed by atoms with van der Waals surface area (Å²) in [5.41, 5.74) is 14.5. The molecule has 4 saturated carbocycles. The molecule has 12 rings (SSSR count). The minimum absolute atomic E-state index is 0.241. The van der Waals surface area contributed by atoms with Crippen LogP contribution in [0, 0.1) is 18.8 Å². The molecule has 1 heterocycles. The number of fused-ring (bicyclic) bond motifs is 3. The number of nitrogens with zero attached hydrogens (tertiary/aromatic N) is 2. The maximum atomic E-state index is 4.02. The van der Waals surface area contributed by atoms with Crippen molar-refractivity contribution in [2.45, 2.75) is 82.5 Å². The summed E-state index contributed by atoms with van der Waals surface area (Å²) in [5, 5.41) is 2.62. The lowest BCUT2D eigenvalue weighted by molar-refractivity contribution is -0.0281. The van der Waals surface area contributed by atoms with Crippen LogP contribution in [-0.2, 0) is 17.3 Å². The Morgan fingerprint density at radius 1 is 0.565 bits per heavy atom. The van der Waals surface area contributed by atoms with Crippen molar-refractivity contribution in [2.24, 2.45) is 11.8 Å². The number of hydrogen-bond donors (Lipinski definition) is 0. The van der Waals surface area contributed by atoms with Gasteiger partial charge in [0.15, 0.2) is 0 Å². The van der Waals surface area contributed by atoms with Crippen LogP contribution in [0.1, 0.15) is 86.1 Å². The Labute approximate surface area is 372 Å². The third-order valence-corrected chi connectivity index (χ3v) is 16.0. The highest BCUT2D eigenvalue weighted by atomic mass is 32.1. The van der Waals surface area contributed by atoms with Gasteiger partial charge < -0.3 is 9.80 Å². The molecule has 4 aliphatic rings. The molecular weight excluding hydrogens is 769 g/mol. The molecule has 4 aliphatic carbocycles. The van der Waals surface area contributed by atoms with Gasteiger partial charge in [-0.1, -0.05) is 110 Å². The first-order valence-electron chi connectivity index (χ1n) is 23.0. The van der Waals surface area contributed by atoms with Crippen molar-refractivity contribution in [3.8, 4) is 0 Å². The molecule has 4 fully saturated rings. The first-order chi connectivity index (χ1) is 30.4. The number of thiophene rings is 1. The molecule has 2 atom stereocenters. The van der Waals surface area contributed by atoms with Crippen LogP contribution in [0.25, 0.3) is 26.2 Å². The molecule has 0 spiro atoms. The third kappa shape index (κ3) is 6.95. The van der Waals surface area contributed by atoms with E-state index in [0.717, 1.165) is 41.0 Å². The van der Waals surface area contributed by atoms with Gasteiger partial charge in [0, 0.05) is 54.3 Å². The highest BCUT2D eigenvalue weighted by Crippen LogP contribution is 2.66. The molecule has 0 N–H and O–H groups in total. The van der Waals surface area contributed by atoms with Gasteiger partial charge in [0.25, 0.3) is 0 Å². The second-order valence-corrected chi connectivity index (χ2v) is 20.0. The van der Waals surface area contributed by atoms with Crippen molar-refractivity contribution in [3.05, 3.63) is 198 Å². The summed E-state index contributed by atoms with van der Waals surface area (Å²) in [6, 6.07) is 62.4. The van der Waals surface area contributed by atoms with E-state index in [9.17, 15) is 0 Å². The average molecular weight is 825 g/mol. The van der Waals surface area contributed by atoms with E-state index in [4.69, 9.17) is 0 Å². The van der Waals surface area contributed by atoms with E-state index >= 15 is 0 Å². The van der Waals surface area contributed by atoms with E-state index in [1.54, 1.807) is 5.56 Å². The first-order valence-corrected chi connectivity index (χ1v) is 23.8. The molecule has 1 aromatic heterocycles. The molecule has 0 radical (unpaired) electrons. The zero-order valence-electron chi connectivity index (χ0n) is 36.2. The lowest BCUT2D eigenvalue weighted by atomic mass is 9.42. The van der Waals surface area contributed by atoms with E-state index in [1.165, 1.54) is 105 Å². The number of benzene rings is 7. The van der Waals surface area contributed by atoms with E-state index in [2.05, 4.69) is 194 Å². The average Bonchev–Trinajstić information content (AvgIpc) is 3.68. The number of hydrogen-bond acceptors (Lipinski definition) is 3. The standard InChI is InChI=1S/C59H56N2S/c1-4-6-9-43-16-24-49(25-17-43)60(50-26-20-47(21-27-50)59-38-44-34-45(39-59)37-58(36-44,40-59)46-18-14-42(5-2)15-19-46)51-28-30-52(31-29-51)61(48-22-12-41(3)13-23-48)53-32-33-57-55(35-53)54-10-7-8-11-56(54)62-57/h5,7-8,10-33,35,44-45H,2,4,6,9,34,36-40H2,1,3H3. The topological polar surface area (TPSA) is 6.48 Å². The molecule has 2 nitrogen and oxygen atoms in total. The van der Waals surface area contributed by atoms with Crippen LogP contribution in [-0.4, -0.2) is 0 Å². The molecule has 7 aromatic carbocycles. The summed E-state index contributed by atoms with van der Waals surface area (Å²) in [7, 11) is 0. The zero-order valence-corrected chi connectivity index (χ0v) is 37.0. The monoisotopic (exact) mass is 824 g/mol. The second-order valence-electron chi connectivity index (χ2n) is 19.0. The van der Waals surface area contributed by atoms with Gasteiger partial charge in [-0.25, -0.2) is 0 Å². The molecule has 0 amide bonds. The van der Waals surface area contributed by atoms with Gasteiger partial charge in [0.2, 0.25) is 0 Å². The Balaban J connectivity index is 0.957. The fourth-order valence-corrected chi connectivity index (χ4v) is 13.3. The largest absolute Gasteiger partial charge is 0.311 e. The van der Waals surface area contributed by atoms with Crippen LogP contribution in [0.4, 0.5) is 34.1 Å². The normalized spacial score (nSPS) is 21.4. The highest BCUT2D eigenvalue weighted by Gasteiger charge is 2.58. The quantitative estimate of drug-likeness (QED) is 0.121. The summed E-state index contributed by atoms with van der Waals surface area (Å²) in [5.74, 6) is 1.62. The Bertz CT molecular complexity index is 2850. The van der Waals surface area contributed by atoms with Crippen molar-refractivity contribution in [2.75, 3.05) is 9.80 Å². The summed E-state index contributed by atoms with van der Waals surface area (Å²) in [6.07, 6.45) is 13.5. The highest BCUT2D eigenvalue weighted by molar-refractivity contribution is 7.25. The van der Waals surface area contributed by atoms with Gasteiger partial charge >= 0.3 is 0 Å². The zero-order chi connectivity index (χ0) is 41.8. The molecule has 0 aliphatic heterocycles. The van der Waals surface area contributed by atoms with Crippen molar-refractivity contribution >= 4 is 71.7 Å².